The number of methoxy groups -OCH3 is 2. The Labute approximate surface area is 169 Å². The number of nitrogens with zero attached hydrogens (tertiary/aromatic N) is 2. The molecule has 1 heterocycles. The smallest absolute Gasteiger partial charge is 0.137 e. The fourth-order valence-corrected chi connectivity index (χ4v) is 3.05. The van der Waals surface area contributed by atoms with Crippen LogP contribution in [-0.2, 0) is 6.54 Å². The minimum atomic E-state index is 0.669. The number of rotatable bonds is 7. The van der Waals surface area contributed by atoms with Crippen molar-refractivity contribution in [3.05, 3.63) is 78.6 Å². The molecule has 0 fully saturated rings. The fourth-order valence-electron chi connectivity index (χ4n) is 3.05. The highest BCUT2D eigenvalue weighted by Crippen LogP contribution is 2.26. The molecule has 0 aliphatic heterocycles. The number of nitrogens with one attached hydrogen (secondary N) is 2. The number of hydrogen-bond donors (Lipinski definition) is 2. The highest BCUT2D eigenvalue weighted by Gasteiger charge is 2.06. The van der Waals surface area contributed by atoms with Gasteiger partial charge in [-0.2, -0.15) is 0 Å². The molecule has 0 aliphatic carbocycles. The van der Waals surface area contributed by atoms with Gasteiger partial charge in [-0.1, -0.05) is 12.1 Å². The molecule has 0 unspecified atom stereocenters. The molecule has 0 aliphatic rings. The van der Waals surface area contributed by atoms with Crippen molar-refractivity contribution in [2.45, 2.75) is 6.54 Å². The van der Waals surface area contributed by atoms with Crippen LogP contribution in [0, 0.1) is 0 Å². The topological polar surface area (TPSA) is 68.3 Å². The standard InChI is InChI=1S/C23H22N4O2/c1-28-19-8-3-16(4-9-19)14-24-23-21-12-7-18(13-22(21)25-15-26-23)27-17-5-10-20(29-2)11-6-17/h3-13,15,27H,14H2,1-2H3,(H,24,25,26). The Morgan fingerprint density at radius 3 is 2.10 bits per heavy atom. The monoisotopic (exact) mass is 386 g/mol. The maximum atomic E-state index is 5.20. The number of anilines is 3. The lowest BCUT2D eigenvalue weighted by molar-refractivity contribution is 0.414. The molecule has 1 aromatic heterocycles. The minimum Gasteiger partial charge on any atom is -0.497 e. The predicted octanol–water partition coefficient (Wildman–Crippen LogP) is 5.00. The molecule has 0 bridgehead atoms. The molecule has 0 radical (unpaired) electrons. The molecule has 146 valence electrons. The van der Waals surface area contributed by atoms with Crippen LogP contribution in [0.1, 0.15) is 5.56 Å². The van der Waals surface area contributed by atoms with Gasteiger partial charge in [-0.25, -0.2) is 9.97 Å². The van der Waals surface area contributed by atoms with E-state index in [0.29, 0.717) is 6.54 Å². The van der Waals surface area contributed by atoms with Crippen LogP contribution in [0.2, 0.25) is 0 Å². The van der Waals surface area contributed by atoms with E-state index in [1.165, 1.54) is 0 Å². The molecule has 4 rings (SSSR count). The van der Waals surface area contributed by atoms with Gasteiger partial charge in [0.15, 0.2) is 0 Å². The van der Waals surface area contributed by atoms with E-state index in [-0.39, 0.29) is 0 Å². The summed E-state index contributed by atoms with van der Waals surface area (Å²) in [6, 6.07) is 21.8. The molecule has 2 N–H and O–H groups in total. The number of benzene rings is 3. The van der Waals surface area contributed by atoms with E-state index in [2.05, 4.69) is 20.6 Å². The van der Waals surface area contributed by atoms with Crippen LogP contribution in [0.15, 0.2) is 73.1 Å². The second kappa shape index (κ2) is 8.48. The second-order valence-corrected chi connectivity index (χ2v) is 6.51. The number of fused-ring (bicyclic) bond motifs is 1. The van der Waals surface area contributed by atoms with Gasteiger partial charge in [0.25, 0.3) is 0 Å². The van der Waals surface area contributed by atoms with Crippen molar-refractivity contribution in [3.63, 3.8) is 0 Å². The molecule has 0 spiro atoms. The first-order chi connectivity index (χ1) is 14.2. The third-order valence-electron chi connectivity index (χ3n) is 4.63. The third-order valence-corrected chi connectivity index (χ3v) is 4.63. The molecule has 6 nitrogen and oxygen atoms in total. The van der Waals surface area contributed by atoms with Gasteiger partial charge in [0.2, 0.25) is 0 Å². The van der Waals surface area contributed by atoms with Crippen molar-refractivity contribution in [1.29, 1.82) is 0 Å². The lowest BCUT2D eigenvalue weighted by Gasteiger charge is -2.11. The zero-order chi connectivity index (χ0) is 20.1. The van der Waals surface area contributed by atoms with Crippen LogP contribution in [0.25, 0.3) is 10.9 Å². The summed E-state index contributed by atoms with van der Waals surface area (Å²) in [4.78, 5) is 8.83. The summed E-state index contributed by atoms with van der Waals surface area (Å²) in [5.41, 5.74) is 3.96. The highest BCUT2D eigenvalue weighted by molar-refractivity contribution is 5.91. The Morgan fingerprint density at radius 1 is 0.759 bits per heavy atom. The summed E-state index contributed by atoms with van der Waals surface area (Å²) < 4.78 is 10.4. The fraction of sp³-hybridized carbons (Fsp3) is 0.130. The molecule has 29 heavy (non-hydrogen) atoms. The average molecular weight is 386 g/mol. The molecule has 3 aromatic carbocycles. The summed E-state index contributed by atoms with van der Waals surface area (Å²) in [6.45, 7) is 0.669. The summed E-state index contributed by atoms with van der Waals surface area (Å²) in [6.07, 6.45) is 1.58. The van der Waals surface area contributed by atoms with Crippen LogP contribution in [0.5, 0.6) is 11.5 Å². The van der Waals surface area contributed by atoms with Crippen molar-refractivity contribution in [2.24, 2.45) is 0 Å². The highest BCUT2D eigenvalue weighted by atomic mass is 16.5. The van der Waals surface area contributed by atoms with Crippen LogP contribution < -0.4 is 20.1 Å². The summed E-state index contributed by atoms with van der Waals surface area (Å²) in [5.74, 6) is 2.48. The number of ether oxygens (including phenoxy) is 2. The SMILES string of the molecule is COc1ccc(CNc2ncnc3cc(Nc4ccc(OC)cc4)ccc23)cc1. The van der Waals surface area contributed by atoms with Crippen molar-refractivity contribution in [2.75, 3.05) is 24.9 Å². The van der Waals surface area contributed by atoms with E-state index < -0.39 is 0 Å². The molecule has 4 aromatic rings. The van der Waals surface area contributed by atoms with E-state index >= 15 is 0 Å². The Bertz CT molecular complexity index is 1100. The number of aromatic nitrogens is 2. The van der Waals surface area contributed by atoms with Crippen molar-refractivity contribution >= 4 is 28.1 Å². The van der Waals surface area contributed by atoms with E-state index in [9.17, 15) is 0 Å². The van der Waals surface area contributed by atoms with Crippen molar-refractivity contribution in [3.8, 4) is 11.5 Å². The first kappa shape index (κ1) is 18.6. The summed E-state index contributed by atoms with van der Waals surface area (Å²) >= 11 is 0. The molecule has 6 heteroatoms. The lowest BCUT2D eigenvalue weighted by Crippen LogP contribution is -2.02. The zero-order valence-corrected chi connectivity index (χ0v) is 16.3. The maximum absolute atomic E-state index is 5.20. The van der Waals surface area contributed by atoms with Gasteiger partial charge >= 0.3 is 0 Å². The van der Waals surface area contributed by atoms with Crippen molar-refractivity contribution in [1.82, 2.24) is 9.97 Å². The van der Waals surface area contributed by atoms with Gasteiger partial charge in [-0.3, -0.25) is 0 Å². The zero-order valence-electron chi connectivity index (χ0n) is 16.3. The molecule has 0 atom stereocenters. The predicted molar refractivity (Wildman–Crippen MR) is 116 cm³/mol. The van der Waals surface area contributed by atoms with E-state index in [0.717, 1.165) is 45.2 Å². The van der Waals surface area contributed by atoms with Crippen LogP contribution in [-0.4, -0.2) is 24.2 Å². The Hall–Kier alpha value is -3.80. The van der Waals surface area contributed by atoms with Crippen molar-refractivity contribution < 1.29 is 9.47 Å². The van der Waals surface area contributed by atoms with Gasteiger partial charge in [0.05, 0.1) is 19.7 Å². The first-order valence-corrected chi connectivity index (χ1v) is 9.28. The summed E-state index contributed by atoms with van der Waals surface area (Å²) in [7, 11) is 3.32. The van der Waals surface area contributed by atoms with Gasteiger partial charge in [0, 0.05) is 23.3 Å². The maximum Gasteiger partial charge on any atom is 0.137 e. The van der Waals surface area contributed by atoms with Crippen LogP contribution >= 0.6 is 0 Å². The van der Waals surface area contributed by atoms with Gasteiger partial charge in [-0.05, 0) is 60.2 Å². The van der Waals surface area contributed by atoms with Crippen LogP contribution in [0.3, 0.4) is 0 Å². The molecule has 0 amide bonds. The van der Waals surface area contributed by atoms with E-state index in [4.69, 9.17) is 9.47 Å². The third kappa shape index (κ3) is 4.38. The normalized spacial score (nSPS) is 10.6. The Kier molecular flexibility index (Phi) is 5.42. The molecular weight excluding hydrogens is 364 g/mol. The van der Waals surface area contributed by atoms with Gasteiger partial charge in [0.1, 0.15) is 23.6 Å². The minimum absolute atomic E-state index is 0.669. The lowest BCUT2D eigenvalue weighted by atomic mass is 10.2. The van der Waals surface area contributed by atoms with E-state index in [1.807, 2.05) is 66.7 Å². The molecular formula is C23H22N4O2. The van der Waals surface area contributed by atoms with Crippen LogP contribution in [0.4, 0.5) is 17.2 Å². The largest absolute Gasteiger partial charge is 0.497 e. The average Bonchev–Trinajstić information content (AvgIpc) is 2.78. The Morgan fingerprint density at radius 2 is 1.41 bits per heavy atom. The quantitative estimate of drug-likeness (QED) is 0.466. The molecule has 0 saturated heterocycles. The van der Waals surface area contributed by atoms with E-state index in [1.54, 1.807) is 20.5 Å². The molecule has 0 saturated carbocycles. The summed E-state index contributed by atoms with van der Waals surface area (Å²) in [5, 5.41) is 7.76. The first-order valence-electron chi connectivity index (χ1n) is 9.28. The van der Waals surface area contributed by atoms with Gasteiger partial charge in [-0.15, -0.1) is 0 Å². The van der Waals surface area contributed by atoms with Gasteiger partial charge < -0.3 is 20.1 Å². The Balaban J connectivity index is 1.50. The number of hydrogen-bond acceptors (Lipinski definition) is 6. The second-order valence-electron chi connectivity index (χ2n) is 6.51.